The van der Waals surface area contributed by atoms with E-state index in [0.29, 0.717) is 0 Å². The number of aryl methyl sites for hydroxylation is 2. The van der Waals surface area contributed by atoms with E-state index in [4.69, 9.17) is 5.41 Å². The minimum Gasteiger partial charge on any atom is -0.308 e. The van der Waals surface area contributed by atoms with Gasteiger partial charge in [-0.2, -0.15) is 0 Å². The molecule has 1 aromatic carbocycles. The Labute approximate surface area is 61.2 Å². The Morgan fingerprint density at radius 2 is 1.70 bits per heavy atom. The van der Waals surface area contributed by atoms with Crippen LogP contribution in [0.2, 0.25) is 0 Å². The van der Waals surface area contributed by atoms with Gasteiger partial charge in [0.2, 0.25) is 0 Å². The molecule has 0 heterocycles. The number of hydrogen-bond acceptors (Lipinski definition) is 1. The zero-order valence-corrected chi connectivity index (χ0v) is 6.31. The average Bonchev–Trinajstić information content (AvgIpc) is 1.88. The molecule has 0 saturated heterocycles. The van der Waals surface area contributed by atoms with Crippen LogP contribution in [0.25, 0.3) is 0 Å². The molecule has 1 heteroatoms. The van der Waals surface area contributed by atoms with Crippen molar-refractivity contribution in [2.24, 2.45) is 0 Å². The van der Waals surface area contributed by atoms with E-state index in [2.05, 4.69) is 0 Å². The molecule has 1 N–H and O–H groups in total. The monoisotopic (exact) mass is 133 g/mol. The summed E-state index contributed by atoms with van der Waals surface area (Å²) in [5, 5.41) is 7.10. The predicted molar refractivity (Wildman–Crippen MR) is 43.8 cm³/mol. The van der Waals surface area contributed by atoms with E-state index in [1.807, 2.05) is 32.0 Å². The molecule has 1 aromatic rings. The van der Waals surface area contributed by atoms with Gasteiger partial charge in [-0.25, -0.2) is 0 Å². The smallest absolute Gasteiger partial charge is 0.0255 e. The van der Waals surface area contributed by atoms with Crippen molar-refractivity contribution in [2.45, 2.75) is 13.8 Å². The molecular weight excluding hydrogens is 122 g/mol. The van der Waals surface area contributed by atoms with Crippen molar-refractivity contribution < 1.29 is 0 Å². The summed E-state index contributed by atoms with van der Waals surface area (Å²) in [5.74, 6) is 0. The highest BCUT2D eigenvalue weighted by molar-refractivity contribution is 5.81. The third-order valence-electron chi connectivity index (χ3n) is 1.69. The molecule has 0 unspecified atom stereocenters. The molecule has 0 spiro atoms. The molecular formula is C9H11N. The lowest BCUT2D eigenvalue weighted by molar-refractivity contribution is 1.35. The second kappa shape index (κ2) is 2.65. The molecule has 0 aromatic heterocycles. The molecule has 1 rings (SSSR count). The van der Waals surface area contributed by atoms with Crippen molar-refractivity contribution in [3.8, 4) is 0 Å². The van der Waals surface area contributed by atoms with Crippen molar-refractivity contribution in [1.29, 1.82) is 5.41 Å². The lowest BCUT2D eigenvalue weighted by atomic mass is 10.0. The summed E-state index contributed by atoms with van der Waals surface area (Å²) in [6, 6.07) is 6.05. The summed E-state index contributed by atoms with van der Waals surface area (Å²) in [7, 11) is 0. The van der Waals surface area contributed by atoms with Gasteiger partial charge in [-0.1, -0.05) is 18.2 Å². The van der Waals surface area contributed by atoms with E-state index in [1.54, 1.807) is 0 Å². The van der Waals surface area contributed by atoms with E-state index in [0.717, 1.165) is 5.56 Å². The fourth-order valence-electron chi connectivity index (χ4n) is 1.06. The van der Waals surface area contributed by atoms with E-state index >= 15 is 0 Å². The number of hydrogen-bond donors (Lipinski definition) is 1. The SMILES string of the molecule is Cc1cccc(C)c1C=N. The molecule has 0 saturated carbocycles. The van der Waals surface area contributed by atoms with Crippen LogP contribution >= 0.6 is 0 Å². The van der Waals surface area contributed by atoms with Crippen molar-refractivity contribution in [3.63, 3.8) is 0 Å². The molecule has 0 radical (unpaired) electrons. The van der Waals surface area contributed by atoms with Crippen LogP contribution in [0.4, 0.5) is 0 Å². The Morgan fingerprint density at radius 3 is 2.00 bits per heavy atom. The second-order valence-electron chi connectivity index (χ2n) is 2.45. The van der Waals surface area contributed by atoms with Gasteiger partial charge in [-0.15, -0.1) is 0 Å². The van der Waals surface area contributed by atoms with Gasteiger partial charge in [-0.3, -0.25) is 0 Å². The lowest BCUT2D eigenvalue weighted by Gasteiger charge is -2.01. The van der Waals surface area contributed by atoms with Gasteiger partial charge in [0.05, 0.1) is 0 Å². The summed E-state index contributed by atoms with van der Waals surface area (Å²) in [6.45, 7) is 4.04. The van der Waals surface area contributed by atoms with Crippen LogP contribution in [0, 0.1) is 19.3 Å². The molecule has 10 heavy (non-hydrogen) atoms. The first-order valence-electron chi connectivity index (χ1n) is 3.32. The quantitative estimate of drug-likeness (QED) is 0.568. The third-order valence-corrected chi connectivity index (χ3v) is 1.69. The van der Waals surface area contributed by atoms with Gasteiger partial charge < -0.3 is 5.41 Å². The molecule has 0 aliphatic rings. The molecule has 0 atom stereocenters. The highest BCUT2D eigenvalue weighted by atomic mass is 14.3. The molecule has 0 aliphatic heterocycles. The molecule has 0 amide bonds. The molecule has 1 nitrogen and oxygen atoms in total. The maximum Gasteiger partial charge on any atom is 0.0255 e. The van der Waals surface area contributed by atoms with Crippen molar-refractivity contribution in [2.75, 3.05) is 0 Å². The van der Waals surface area contributed by atoms with Gasteiger partial charge in [0.1, 0.15) is 0 Å². The van der Waals surface area contributed by atoms with Crippen LogP contribution in [0.5, 0.6) is 0 Å². The molecule has 52 valence electrons. The second-order valence-corrected chi connectivity index (χ2v) is 2.45. The summed E-state index contributed by atoms with van der Waals surface area (Å²) >= 11 is 0. The third kappa shape index (κ3) is 1.08. The Bertz CT molecular complexity index is 231. The summed E-state index contributed by atoms with van der Waals surface area (Å²) < 4.78 is 0. The fraction of sp³-hybridized carbons (Fsp3) is 0.222. The first-order valence-corrected chi connectivity index (χ1v) is 3.32. The molecule has 0 bridgehead atoms. The van der Waals surface area contributed by atoms with Crippen molar-refractivity contribution in [1.82, 2.24) is 0 Å². The predicted octanol–water partition coefficient (Wildman–Crippen LogP) is 2.30. The van der Waals surface area contributed by atoms with Gasteiger partial charge in [0.25, 0.3) is 0 Å². The minimum absolute atomic E-state index is 1.04. The topological polar surface area (TPSA) is 23.9 Å². The largest absolute Gasteiger partial charge is 0.308 e. The number of rotatable bonds is 1. The van der Waals surface area contributed by atoms with E-state index in [-0.39, 0.29) is 0 Å². The average molecular weight is 133 g/mol. The zero-order chi connectivity index (χ0) is 7.56. The zero-order valence-electron chi connectivity index (χ0n) is 6.31. The standard InChI is InChI=1S/C9H11N/c1-7-4-3-5-8(2)9(7)6-10/h3-6,10H,1-2H3. The normalized spacial score (nSPS) is 9.40. The Balaban J connectivity index is 3.30. The Kier molecular flexibility index (Phi) is 1.86. The highest BCUT2D eigenvalue weighted by Crippen LogP contribution is 2.09. The highest BCUT2D eigenvalue weighted by Gasteiger charge is 1.95. The van der Waals surface area contributed by atoms with Gasteiger partial charge in [-0.05, 0) is 30.5 Å². The Morgan fingerprint density at radius 1 is 1.20 bits per heavy atom. The van der Waals surface area contributed by atoms with Crippen LogP contribution in [-0.4, -0.2) is 6.21 Å². The van der Waals surface area contributed by atoms with Gasteiger partial charge in [0.15, 0.2) is 0 Å². The summed E-state index contributed by atoms with van der Waals surface area (Å²) in [6.07, 6.45) is 1.41. The maximum atomic E-state index is 7.10. The van der Waals surface area contributed by atoms with E-state index in [9.17, 15) is 0 Å². The number of nitrogens with one attached hydrogen (secondary N) is 1. The van der Waals surface area contributed by atoms with Gasteiger partial charge >= 0.3 is 0 Å². The van der Waals surface area contributed by atoms with Crippen molar-refractivity contribution in [3.05, 3.63) is 34.9 Å². The summed E-state index contributed by atoms with van der Waals surface area (Å²) in [4.78, 5) is 0. The van der Waals surface area contributed by atoms with Crippen molar-refractivity contribution >= 4 is 6.21 Å². The van der Waals surface area contributed by atoms with Crippen LogP contribution in [0.3, 0.4) is 0 Å². The lowest BCUT2D eigenvalue weighted by Crippen LogP contribution is -1.89. The first kappa shape index (κ1) is 7.00. The summed E-state index contributed by atoms with van der Waals surface area (Å²) in [5.41, 5.74) is 3.40. The van der Waals surface area contributed by atoms with Gasteiger partial charge in [0, 0.05) is 6.21 Å². The molecule has 0 aliphatic carbocycles. The van der Waals surface area contributed by atoms with Crippen LogP contribution in [0.15, 0.2) is 18.2 Å². The maximum absolute atomic E-state index is 7.10. The van der Waals surface area contributed by atoms with Crippen LogP contribution in [0.1, 0.15) is 16.7 Å². The Hall–Kier alpha value is -1.11. The fourth-order valence-corrected chi connectivity index (χ4v) is 1.06. The van der Waals surface area contributed by atoms with Crippen LogP contribution < -0.4 is 0 Å². The molecule has 0 fully saturated rings. The minimum atomic E-state index is 1.04. The number of benzene rings is 1. The first-order chi connectivity index (χ1) is 4.75. The van der Waals surface area contributed by atoms with E-state index in [1.165, 1.54) is 17.3 Å². The van der Waals surface area contributed by atoms with Crippen LogP contribution in [-0.2, 0) is 0 Å². The van der Waals surface area contributed by atoms with E-state index < -0.39 is 0 Å².